The average Bonchev–Trinajstić information content (AvgIpc) is 2.33. The summed E-state index contributed by atoms with van der Waals surface area (Å²) < 4.78 is 4.94. The van der Waals surface area contributed by atoms with Crippen LogP contribution in [0.15, 0.2) is 22.9 Å². The zero-order valence-electron chi connectivity index (χ0n) is 5.11. The summed E-state index contributed by atoms with van der Waals surface area (Å²) in [5.41, 5.74) is 6.58. The van der Waals surface area contributed by atoms with E-state index in [2.05, 4.69) is 9.97 Å². The topological polar surface area (TPSA) is 64.9 Å². The number of rotatable bonds is 0. The second kappa shape index (κ2) is 1.70. The van der Waals surface area contributed by atoms with Gasteiger partial charge in [-0.2, -0.15) is 0 Å². The molecule has 2 aromatic rings. The van der Waals surface area contributed by atoms with Gasteiger partial charge in [-0.15, -0.1) is 0 Å². The van der Waals surface area contributed by atoms with E-state index in [1.165, 1.54) is 12.5 Å². The fourth-order valence-corrected chi connectivity index (χ4v) is 0.769. The van der Waals surface area contributed by atoms with Gasteiger partial charge in [-0.05, 0) is 0 Å². The number of nitrogen functional groups attached to an aromatic ring is 1. The fourth-order valence-electron chi connectivity index (χ4n) is 0.769. The van der Waals surface area contributed by atoms with Crippen LogP contribution in [0.25, 0.3) is 11.2 Å². The van der Waals surface area contributed by atoms with Crippen LogP contribution in [-0.2, 0) is 0 Å². The highest BCUT2D eigenvalue weighted by atomic mass is 16.3. The molecule has 0 bridgehead atoms. The van der Waals surface area contributed by atoms with E-state index >= 15 is 0 Å². The molecule has 2 heterocycles. The van der Waals surface area contributed by atoms with E-state index in [0.29, 0.717) is 17.0 Å². The Kier molecular flexibility index (Phi) is 0.887. The first-order valence-electron chi connectivity index (χ1n) is 2.82. The summed E-state index contributed by atoms with van der Waals surface area (Å²) in [4.78, 5) is 7.84. The highest BCUT2D eigenvalue weighted by Gasteiger charge is 1.97. The summed E-state index contributed by atoms with van der Waals surface area (Å²) in [5.74, 6) is 0.411. The molecule has 0 radical (unpaired) electrons. The largest absolute Gasteiger partial charge is 0.445 e. The molecule has 0 aliphatic carbocycles. The van der Waals surface area contributed by atoms with E-state index in [1.54, 1.807) is 6.07 Å². The maximum atomic E-state index is 5.37. The smallest absolute Gasteiger partial charge is 0.245 e. The zero-order valence-corrected chi connectivity index (χ0v) is 5.11. The van der Waals surface area contributed by atoms with Crippen molar-refractivity contribution < 1.29 is 4.42 Å². The Morgan fingerprint density at radius 1 is 1.50 bits per heavy atom. The molecule has 0 amide bonds. The van der Waals surface area contributed by atoms with Crippen LogP contribution in [0.5, 0.6) is 0 Å². The molecule has 0 unspecified atom stereocenters. The van der Waals surface area contributed by atoms with Gasteiger partial charge in [0.05, 0.1) is 12.5 Å². The molecule has 4 heteroatoms. The second-order valence-electron chi connectivity index (χ2n) is 1.91. The van der Waals surface area contributed by atoms with E-state index in [9.17, 15) is 0 Å². The normalized spacial score (nSPS) is 10.4. The van der Waals surface area contributed by atoms with Gasteiger partial charge >= 0.3 is 0 Å². The molecule has 2 aromatic heterocycles. The molecule has 2 rings (SSSR count). The van der Waals surface area contributed by atoms with Crippen LogP contribution in [0.1, 0.15) is 0 Å². The molecule has 0 spiro atoms. The predicted octanol–water partition coefficient (Wildman–Crippen LogP) is 0.805. The van der Waals surface area contributed by atoms with Gasteiger partial charge in [0.1, 0.15) is 11.3 Å². The van der Waals surface area contributed by atoms with E-state index in [4.69, 9.17) is 10.2 Å². The van der Waals surface area contributed by atoms with Crippen molar-refractivity contribution in [3.63, 3.8) is 0 Å². The molecule has 0 fully saturated rings. The summed E-state index contributed by atoms with van der Waals surface area (Å²) in [6, 6.07) is 1.72. The lowest BCUT2D eigenvalue weighted by Gasteiger charge is -1.87. The molecule has 50 valence electrons. The summed E-state index contributed by atoms with van der Waals surface area (Å²) in [6.07, 6.45) is 3.00. The highest BCUT2D eigenvalue weighted by molar-refractivity contribution is 5.68. The standard InChI is InChI=1S/C6H5N3O/c7-5-3-8-6-4(9-5)1-2-10-6/h1-3H,(H2,7,9). The van der Waals surface area contributed by atoms with Crippen molar-refractivity contribution in [3.8, 4) is 0 Å². The Morgan fingerprint density at radius 3 is 3.30 bits per heavy atom. The van der Waals surface area contributed by atoms with Crippen molar-refractivity contribution >= 4 is 17.0 Å². The maximum Gasteiger partial charge on any atom is 0.245 e. The lowest BCUT2D eigenvalue weighted by Crippen LogP contribution is -1.89. The van der Waals surface area contributed by atoms with Crippen molar-refractivity contribution in [3.05, 3.63) is 18.5 Å². The van der Waals surface area contributed by atoms with Gasteiger partial charge in [0.2, 0.25) is 5.71 Å². The van der Waals surface area contributed by atoms with Crippen LogP contribution < -0.4 is 5.73 Å². The lowest BCUT2D eigenvalue weighted by molar-refractivity contribution is 0.602. The quantitative estimate of drug-likeness (QED) is 0.580. The van der Waals surface area contributed by atoms with Gasteiger partial charge in [0.25, 0.3) is 0 Å². The van der Waals surface area contributed by atoms with Gasteiger partial charge in [0, 0.05) is 6.07 Å². The molecule has 10 heavy (non-hydrogen) atoms. The average molecular weight is 135 g/mol. The van der Waals surface area contributed by atoms with Crippen molar-refractivity contribution in [1.82, 2.24) is 9.97 Å². The molecule has 2 N–H and O–H groups in total. The first-order chi connectivity index (χ1) is 4.86. The third-order valence-corrected chi connectivity index (χ3v) is 1.19. The number of hydrogen-bond donors (Lipinski definition) is 1. The zero-order chi connectivity index (χ0) is 6.97. The second-order valence-corrected chi connectivity index (χ2v) is 1.91. The number of fused-ring (bicyclic) bond motifs is 1. The van der Waals surface area contributed by atoms with E-state index in [-0.39, 0.29) is 0 Å². The molecule has 0 aliphatic heterocycles. The van der Waals surface area contributed by atoms with Crippen LogP contribution in [-0.4, -0.2) is 9.97 Å². The number of aromatic nitrogens is 2. The lowest BCUT2D eigenvalue weighted by atomic mass is 10.5. The minimum Gasteiger partial charge on any atom is -0.445 e. The highest BCUT2D eigenvalue weighted by Crippen LogP contribution is 2.09. The fraction of sp³-hybridized carbons (Fsp3) is 0. The van der Waals surface area contributed by atoms with Crippen LogP contribution >= 0.6 is 0 Å². The van der Waals surface area contributed by atoms with Crippen molar-refractivity contribution in [2.45, 2.75) is 0 Å². The van der Waals surface area contributed by atoms with Crippen molar-refractivity contribution in [2.75, 3.05) is 5.73 Å². The minimum absolute atomic E-state index is 0.411. The third-order valence-electron chi connectivity index (χ3n) is 1.19. The van der Waals surface area contributed by atoms with Crippen LogP contribution in [0.2, 0.25) is 0 Å². The summed E-state index contributed by atoms with van der Waals surface area (Å²) in [6.45, 7) is 0. The van der Waals surface area contributed by atoms with Crippen LogP contribution in [0, 0.1) is 0 Å². The SMILES string of the molecule is Nc1cnc2occc2n1. The Morgan fingerprint density at radius 2 is 2.40 bits per heavy atom. The molecule has 0 saturated heterocycles. The number of nitrogens with two attached hydrogens (primary N) is 1. The van der Waals surface area contributed by atoms with Gasteiger partial charge in [-0.1, -0.05) is 0 Å². The Bertz CT molecular complexity index is 355. The van der Waals surface area contributed by atoms with Gasteiger partial charge in [0.15, 0.2) is 0 Å². The summed E-state index contributed by atoms with van der Waals surface area (Å²) >= 11 is 0. The molecular weight excluding hydrogens is 130 g/mol. The van der Waals surface area contributed by atoms with E-state index in [0.717, 1.165) is 0 Å². The molecule has 4 nitrogen and oxygen atoms in total. The molecule has 0 aromatic carbocycles. The number of hydrogen-bond acceptors (Lipinski definition) is 4. The van der Waals surface area contributed by atoms with Crippen LogP contribution in [0.3, 0.4) is 0 Å². The Balaban J connectivity index is 2.86. The Hall–Kier alpha value is -1.58. The summed E-state index contributed by atoms with van der Waals surface area (Å²) in [5, 5.41) is 0. The first kappa shape index (κ1) is 5.22. The molecule has 0 saturated carbocycles. The third kappa shape index (κ3) is 0.621. The molecular formula is C6H5N3O. The number of furan rings is 1. The molecule has 0 atom stereocenters. The van der Waals surface area contributed by atoms with Gasteiger partial charge in [-0.3, -0.25) is 0 Å². The van der Waals surface area contributed by atoms with Crippen LogP contribution in [0.4, 0.5) is 5.82 Å². The molecule has 0 aliphatic rings. The van der Waals surface area contributed by atoms with Crippen molar-refractivity contribution in [2.24, 2.45) is 0 Å². The van der Waals surface area contributed by atoms with Gasteiger partial charge in [-0.25, -0.2) is 9.97 Å². The number of nitrogens with zero attached hydrogens (tertiary/aromatic N) is 2. The first-order valence-corrected chi connectivity index (χ1v) is 2.82. The maximum absolute atomic E-state index is 5.37. The van der Waals surface area contributed by atoms with Crippen molar-refractivity contribution in [1.29, 1.82) is 0 Å². The minimum atomic E-state index is 0.411. The predicted molar refractivity (Wildman–Crippen MR) is 36.2 cm³/mol. The summed E-state index contributed by atoms with van der Waals surface area (Å²) in [7, 11) is 0. The Labute approximate surface area is 56.7 Å². The van der Waals surface area contributed by atoms with E-state index < -0.39 is 0 Å². The monoisotopic (exact) mass is 135 g/mol. The van der Waals surface area contributed by atoms with E-state index in [1.807, 2.05) is 0 Å². The van der Waals surface area contributed by atoms with Gasteiger partial charge < -0.3 is 10.2 Å². The number of anilines is 1.